The molecule has 2 aliphatic rings. The second kappa shape index (κ2) is 5.97. The summed E-state index contributed by atoms with van der Waals surface area (Å²) in [5, 5.41) is 13.3. The second-order valence-corrected chi connectivity index (χ2v) is 6.88. The lowest BCUT2D eigenvalue weighted by Crippen LogP contribution is -2.51. The molecule has 4 rings (SSSR count). The molecule has 25 heavy (non-hydrogen) atoms. The molecule has 0 spiro atoms. The monoisotopic (exact) mass is 361 g/mol. The van der Waals surface area contributed by atoms with Crippen molar-refractivity contribution < 1.29 is 9.13 Å². The smallest absolute Gasteiger partial charge is 0.226 e. The largest absolute Gasteiger partial charge is 0.480 e. The molecule has 2 aromatic heterocycles. The molecule has 0 saturated carbocycles. The van der Waals surface area contributed by atoms with Crippen LogP contribution in [0.5, 0.6) is 5.88 Å². The third-order valence-corrected chi connectivity index (χ3v) is 5.24. The van der Waals surface area contributed by atoms with E-state index >= 15 is 0 Å². The second-order valence-electron chi connectivity index (χ2n) is 6.53. The van der Waals surface area contributed by atoms with E-state index in [9.17, 15) is 9.65 Å². The summed E-state index contributed by atoms with van der Waals surface area (Å²) in [4.78, 5) is 10.8. The number of hydrogen-bond acceptors (Lipinski definition) is 6. The van der Waals surface area contributed by atoms with Gasteiger partial charge in [-0.1, -0.05) is 11.6 Å². The molecular weight excluding hydrogens is 345 g/mol. The quantitative estimate of drug-likeness (QED) is 0.829. The topological polar surface area (TPSA) is 74.1 Å². The molecule has 2 aliphatic heterocycles. The fourth-order valence-corrected chi connectivity index (χ4v) is 4.06. The van der Waals surface area contributed by atoms with E-state index in [2.05, 4.69) is 20.2 Å². The molecule has 2 saturated heterocycles. The van der Waals surface area contributed by atoms with Crippen LogP contribution >= 0.6 is 11.6 Å². The third kappa shape index (κ3) is 2.48. The van der Waals surface area contributed by atoms with Crippen LogP contribution in [0.15, 0.2) is 0 Å². The fourth-order valence-electron chi connectivity index (χ4n) is 3.89. The van der Waals surface area contributed by atoms with Crippen molar-refractivity contribution in [3.63, 3.8) is 0 Å². The van der Waals surface area contributed by atoms with Gasteiger partial charge in [0.05, 0.1) is 23.8 Å². The summed E-state index contributed by atoms with van der Waals surface area (Å²) in [6.07, 6.45) is 2.23. The van der Waals surface area contributed by atoms with Crippen LogP contribution in [-0.2, 0) is 0 Å². The number of methoxy groups -OCH3 is 1. The van der Waals surface area contributed by atoms with Gasteiger partial charge in [0.15, 0.2) is 11.0 Å². The molecule has 6 nitrogen and oxygen atoms in total. The van der Waals surface area contributed by atoms with Crippen LogP contribution in [0.3, 0.4) is 0 Å². The third-order valence-electron chi connectivity index (χ3n) is 4.99. The minimum atomic E-state index is -0.709. The summed E-state index contributed by atoms with van der Waals surface area (Å²) < 4.78 is 20.1. The number of hydrogen-bond donors (Lipinski definition) is 1. The van der Waals surface area contributed by atoms with Gasteiger partial charge in [-0.2, -0.15) is 10.2 Å². The first-order valence-corrected chi connectivity index (χ1v) is 8.55. The summed E-state index contributed by atoms with van der Waals surface area (Å²) in [6.45, 7) is 3.26. The van der Waals surface area contributed by atoms with Gasteiger partial charge in [0.25, 0.3) is 0 Å². The average molecular weight is 362 g/mol. The van der Waals surface area contributed by atoms with E-state index in [1.807, 2.05) is 6.07 Å². The van der Waals surface area contributed by atoms with Crippen molar-refractivity contribution in [3.05, 3.63) is 22.2 Å². The lowest BCUT2D eigenvalue weighted by molar-refractivity contribution is 0.401. The van der Waals surface area contributed by atoms with Crippen molar-refractivity contribution in [2.45, 2.75) is 31.8 Å². The normalized spacial score (nSPS) is 22.3. The number of rotatable bonds is 2. The molecule has 0 radical (unpaired) electrons. The number of nitriles is 1. The zero-order valence-electron chi connectivity index (χ0n) is 13.9. The SMILES string of the molecule is COc1nc(Cl)c(F)c2c(C#N)c(C)nc(N3CC4CCC(C3)N4)c12. The van der Waals surface area contributed by atoms with Gasteiger partial charge in [-0.25, -0.2) is 9.37 Å². The van der Waals surface area contributed by atoms with Crippen molar-refractivity contribution in [2.24, 2.45) is 0 Å². The first kappa shape index (κ1) is 16.3. The predicted octanol–water partition coefficient (Wildman–Crippen LogP) is 2.55. The van der Waals surface area contributed by atoms with Crippen molar-refractivity contribution in [3.8, 4) is 11.9 Å². The van der Waals surface area contributed by atoms with Crippen molar-refractivity contribution in [1.82, 2.24) is 15.3 Å². The maximum atomic E-state index is 14.8. The van der Waals surface area contributed by atoms with Crippen LogP contribution in [0.25, 0.3) is 10.8 Å². The molecule has 2 atom stereocenters. The van der Waals surface area contributed by atoms with Crippen LogP contribution in [-0.4, -0.2) is 42.3 Å². The molecule has 0 aliphatic carbocycles. The zero-order valence-corrected chi connectivity index (χ0v) is 14.7. The highest BCUT2D eigenvalue weighted by molar-refractivity contribution is 6.30. The first-order valence-electron chi connectivity index (χ1n) is 8.17. The summed E-state index contributed by atoms with van der Waals surface area (Å²) >= 11 is 5.93. The standard InChI is InChI=1S/C17H17ClFN5O/c1-8-11(5-20)12-13(17(25-2)23-15(18)14(12)19)16(21-8)24-6-9-3-4-10(7-24)22-9/h9-10,22H,3-4,6-7H2,1-2H3. The molecule has 0 amide bonds. The molecular formula is C17H17ClFN5O. The molecule has 130 valence electrons. The Kier molecular flexibility index (Phi) is 3.89. The highest BCUT2D eigenvalue weighted by atomic mass is 35.5. The minimum absolute atomic E-state index is 0.132. The van der Waals surface area contributed by atoms with Crippen LogP contribution in [0.4, 0.5) is 10.2 Å². The highest BCUT2D eigenvalue weighted by Gasteiger charge is 2.35. The van der Waals surface area contributed by atoms with E-state index in [0.717, 1.165) is 25.9 Å². The molecule has 0 aromatic carbocycles. The van der Waals surface area contributed by atoms with E-state index in [1.165, 1.54) is 7.11 Å². The van der Waals surface area contributed by atoms with Gasteiger partial charge in [-0.3, -0.25) is 0 Å². The number of halogens is 2. The van der Waals surface area contributed by atoms with E-state index in [4.69, 9.17) is 16.3 Å². The number of pyridine rings is 2. The van der Waals surface area contributed by atoms with Gasteiger partial charge in [0.2, 0.25) is 5.88 Å². The maximum absolute atomic E-state index is 14.8. The molecule has 2 fully saturated rings. The average Bonchev–Trinajstić information content (AvgIpc) is 2.95. The van der Waals surface area contributed by atoms with E-state index < -0.39 is 5.82 Å². The maximum Gasteiger partial charge on any atom is 0.226 e. The number of ether oxygens (including phenoxy) is 1. The van der Waals surface area contributed by atoms with Crippen molar-refractivity contribution in [1.29, 1.82) is 5.26 Å². The Balaban J connectivity index is 2.02. The molecule has 4 heterocycles. The van der Waals surface area contributed by atoms with Gasteiger partial charge in [0.1, 0.15) is 11.9 Å². The predicted molar refractivity (Wildman–Crippen MR) is 92.7 cm³/mol. The van der Waals surface area contributed by atoms with Crippen molar-refractivity contribution in [2.75, 3.05) is 25.1 Å². The Labute approximate surface area is 149 Å². The number of nitrogens with zero attached hydrogens (tertiary/aromatic N) is 4. The zero-order chi connectivity index (χ0) is 17.7. The minimum Gasteiger partial charge on any atom is -0.480 e. The summed E-state index contributed by atoms with van der Waals surface area (Å²) in [5.41, 5.74) is 0.635. The Morgan fingerprint density at radius 1 is 1.28 bits per heavy atom. The van der Waals surface area contributed by atoms with Crippen LogP contribution < -0.4 is 15.0 Å². The fraction of sp³-hybridized carbons (Fsp3) is 0.471. The highest BCUT2D eigenvalue weighted by Crippen LogP contribution is 2.39. The number of anilines is 1. The summed E-state index contributed by atoms with van der Waals surface area (Å²) in [6, 6.07) is 2.83. The number of aromatic nitrogens is 2. The Hall–Kier alpha value is -2.17. The van der Waals surface area contributed by atoms with Gasteiger partial charge in [-0.15, -0.1) is 0 Å². The lowest BCUT2D eigenvalue weighted by Gasteiger charge is -2.34. The summed E-state index contributed by atoms with van der Waals surface area (Å²) in [5.74, 6) is 0.0787. The Bertz CT molecular complexity index is 901. The Morgan fingerprint density at radius 3 is 2.56 bits per heavy atom. The van der Waals surface area contributed by atoms with Crippen LogP contribution in [0.1, 0.15) is 24.1 Å². The van der Waals surface area contributed by atoms with Gasteiger partial charge in [-0.05, 0) is 19.8 Å². The first-order chi connectivity index (χ1) is 12.0. The molecule has 2 aromatic rings. The van der Waals surface area contributed by atoms with E-state index in [-0.39, 0.29) is 22.0 Å². The Morgan fingerprint density at radius 2 is 1.96 bits per heavy atom. The van der Waals surface area contributed by atoms with E-state index in [1.54, 1.807) is 6.92 Å². The van der Waals surface area contributed by atoms with E-state index in [0.29, 0.717) is 29.0 Å². The molecule has 2 unspecified atom stereocenters. The molecule has 2 bridgehead atoms. The molecule has 8 heteroatoms. The van der Waals surface area contributed by atoms with Crippen molar-refractivity contribution >= 4 is 28.2 Å². The molecule has 1 N–H and O–H groups in total. The van der Waals surface area contributed by atoms with Gasteiger partial charge < -0.3 is 15.0 Å². The van der Waals surface area contributed by atoms with Crippen LogP contribution in [0.2, 0.25) is 5.15 Å². The van der Waals surface area contributed by atoms with Gasteiger partial charge in [0, 0.05) is 30.6 Å². The number of aryl methyl sites for hydroxylation is 1. The number of nitrogens with one attached hydrogen (secondary N) is 1. The van der Waals surface area contributed by atoms with Gasteiger partial charge >= 0.3 is 0 Å². The number of piperazine rings is 1. The number of fused-ring (bicyclic) bond motifs is 3. The van der Waals surface area contributed by atoms with Crippen LogP contribution in [0, 0.1) is 24.1 Å². The lowest BCUT2D eigenvalue weighted by atomic mass is 10.0. The summed E-state index contributed by atoms with van der Waals surface area (Å²) in [7, 11) is 1.45.